The van der Waals surface area contributed by atoms with Crippen LogP contribution in [0.15, 0.2) is 107 Å². The first-order valence-corrected chi connectivity index (χ1v) is 8.70. The van der Waals surface area contributed by atoms with Crippen molar-refractivity contribution in [3.8, 4) is 5.75 Å². The van der Waals surface area contributed by atoms with Crippen LogP contribution in [0.1, 0.15) is 0 Å². The molecule has 4 heteroatoms. The van der Waals surface area contributed by atoms with Crippen LogP contribution in [-0.4, -0.2) is 5.91 Å². The van der Waals surface area contributed by atoms with Crippen molar-refractivity contribution in [1.29, 1.82) is 0 Å². The Balaban J connectivity index is 1.79. The summed E-state index contributed by atoms with van der Waals surface area (Å²) >= 11 is 1.44. The van der Waals surface area contributed by atoms with Crippen LogP contribution >= 0.6 is 11.8 Å². The summed E-state index contributed by atoms with van der Waals surface area (Å²) in [4.78, 5) is 13.7. The zero-order valence-electron chi connectivity index (χ0n) is 13.5. The van der Waals surface area contributed by atoms with E-state index < -0.39 is 0 Å². The first kappa shape index (κ1) is 16.9. The minimum Gasteiger partial charge on any atom is -0.451 e. The monoisotopic (exact) mass is 347 g/mol. The van der Waals surface area contributed by atoms with Gasteiger partial charge in [-0.15, -0.1) is 0 Å². The average molecular weight is 347 g/mol. The fourth-order valence-corrected chi connectivity index (χ4v) is 2.79. The highest BCUT2D eigenvalue weighted by Crippen LogP contribution is 2.23. The van der Waals surface area contributed by atoms with E-state index >= 15 is 0 Å². The summed E-state index contributed by atoms with van der Waals surface area (Å²) in [5, 5.41) is 4.58. The lowest BCUT2D eigenvalue weighted by atomic mass is 10.3. The van der Waals surface area contributed by atoms with Gasteiger partial charge in [-0.05, 0) is 36.4 Å². The highest BCUT2D eigenvalue weighted by Gasteiger charge is 2.13. The fraction of sp³-hybridized carbons (Fsp3) is 0. The molecule has 25 heavy (non-hydrogen) atoms. The summed E-state index contributed by atoms with van der Waals surface area (Å²) in [6.07, 6.45) is 0. The van der Waals surface area contributed by atoms with Gasteiger partial charge >= 0.3 is 0 Å². The number of thioether (sulfide) groups is 1. The van der Waals surface area contributed by atoms with Crippen LogP contribution in [0.2, 0.25) is 0 Å². The Hall–Kier alpha value is -2.98. The van der Waals surface area contributed by atoms with Crippen molar-refractivity contribution in [2.75, 3.05) is 5.32 Å². The lowest BCUT2D eigenvalue weighted by Gasteiger charge is -2.11. The van der Waals surface area contributed by atoms with Gasteiger partial charge in [-0.2, -0.15) is 0 Å². The van der Waals surface area contributed by atoms with E-state index in [9.17, 15) is 4.79 Å². The number of anilines is 1. The molecule has 0 aromatic heterocycles. The predicted octanol–water partition coefficient (Wildman–Crippen LogP) is 5.34. The molecule has 3 aromatic carbocycles. The molecular formula is C21H17NO2S. The third kappa shape index (κ3) is 5.26. The molecule has 0 aliphatic carbocycles. The Labute approximate surface area is 151 Å². The molecule has 0 atom stereocenters. The number of hydrogen-bond donors (Lipinski definition) is 1. The predicted molar refractivity (Wildman–Crippen MR) is 103 cm³/mol. The molecule has 0 fully saturated rings. The second kappa shape index (κ2) is 8.76. The smallest absolute Gasteiger partial charge is 0.291 e. The number of benzene rings is 3. The topological polar surface area (TPSA) is 38.3 Å². The highest BCUT2D eigenvalue weighted by atomic mass is 32.2. The van der Waals surface area contributed by atoms with Gasteiger partial charge in [-0.25, -0.2) is 0 Å². The Kier molecular flexibility index (Phi) is 5.91. The molecule has 124 valence electrons. The van der Waals surface area contributed by atoms with Crippen molar-refractivity contribution in [3.05, 3.63) is 102 Å². The minimum absolute atomic E-state index is 0.240. The lowest BCUT2D eigenvalue weighted by molar-refractivity contribution is -0.114. The van der Waals surface area contributed by atoms with E-state index in [0.717, 1.165) is 10.6 Å². The molecule has 3 aromatic rings. The fourth-order valence-electron chi connectivity index (χ4n) is 2.07. The average Bonchev–Trinajstić information content (AvgIpc) is 2.67. The molecule has 0 spiro atoms. The van der Waals surface area contributed by atoms with Crippen molar-refractivity contribution in [1.82, 2.24) is 0 Å². The molecule has 3 rings (SSSR count). The van der Waals surface area contributed by atoms with E-state index in [2.05, 4.69) is 5.32 Å². The number of amides is 1. The molecule has 0 heterocycles. The van der Waals surface area contributed by atoms with Gasteiger partial charge in [0, 0.05) is 16.0 Å². The van der Waals surface area contributed by atoms with Crippen LogP contribution in [0, 0.1) is 0 Å². The van der Waals surface area contributed by atoms with E-state index in [1.165, 1.54) is 11.8 Å². The van der Waals surface area contributed by atoms with Crippen molar-refractivity contribution in [2.45, 2.75) is 4.90 Å². The van der Waals surface area contributed by atoms with Gasteiger partial charge in [0.1, 0.15) is 5.75 Å². The minimum atomic E-state index is -0.293. The molecule has 0 bridgehead atoms. The summed E-state index contributed by atoms with van der Waals surface area (Å²) in [5.74, 6) is 0.563. The second-order valence-corrected chi connectivity index (χ2v) is 6.09. The number of nitrogens with one attached hydrogen (secondary N) is 1. The van der Waals surface area contributed by atoms with E-state index in [1.54, 1.807) is 5.41 Å². The van der Waals surface area contributed by atoms with E-state index in [4.69, 9.17) is 4.74 Å². The van der Waals surface area contributed by atoms with Gasteiger partial charge in [-0.3, -0.25) is 4.79 Å². The van der Waals surface area contributed by atoms with Gasteiger partial charge in [-0.1, -0.05) is 66.4 Å². The summed E-state index contributed by atoms with van der Waals surface area (Å²) in [6, 6.07) is 28.4. The highest BCUT2D eigenvalue weighted by molar-refractivity contribution is 8.02. The number of carbonyl (C=O) groups excluding carboxylic acids is 1. The molecule has 0 aliphatic heterocycles. The van der Waals surface area contributed by atoms with Crippen LogP contribution in [0.25, 0.3) is 0 Å². The number of hydrogen-bond acceptors (Lipinski definition) is 3. The zero-order chi connectivity index (χ0) is 17.3. The Morgan fingerprint density at radius 1 is 0.800 bits per heavy atom. The maximum atomic E-state index is 12.6. The molecular weight excluding hydrogens is 330 g/mol. The first-order valence-electron chi connectivity index (χ1n) is 7.82. The molecule has 0 aliphatic rings. The molecule has 1 amide bonds. The van der Waals surface area contributed by atoms with Gasteiger partial charge in [0.25, 0.3) is 5.91 Å². The standard InChI is InChI=1S/C21H17NO2S/c23-21(22-17-10-4-1-5-11-17)20(24-18-12-6-2-7-13-18)16-25-19-14-8-3-9-15-19/h1-16H,(H,22,23). The molecule has 1 N–H and O–H groups in total. The summed E-state index contributed by atoms with van der Waals surface area (Å²) < 4.78 is 5.80. The summed E-state index contributed by atoms with van der Waals surface area (Å²) in [7, 11) is 0. The first-order chi connectivity index (χ1) is 12.3. The molecule has 0 saturated carbocycles. The molecule has 0 saturated heterocycles. The maximum Gasteiger partial charge on any atom is 0.291 e. The van der Waals surface area contributed by atoms with Crippen LogP contribution in [0.5, 0.6) is 5.75 Å². The summed E-state index contributed by atoms with van der Waals surface area (Å²) in [6.45, 7) is 0. The number of ether oxygens (including phenoxy) is 1. The van der Waals surface area contributed by atoms with Gasteiger partial charge < -0.3 is 10.1 Å². The molecule has 3 nitrogen and oxygen atoms in total. The largest absolute Gasteiger partial charge is 0.451 e. The lowest BCUT2D eigenvalue weighted by Crippen LogP contribution is -2.18. The summed E-state index contributed by atoms with van der Waals surface area (Å²) in [5.41, 5.74) is 0.722. The van der Waals surface area contributed by atoms with Crippen LogP contribution in [-0.2, 0) is 4.79 Å². The quantitative estimate of drug-likeness (QED) is 0.372. The zero-order valence-corrected chi connectivity index (χ0v) is 14.3. The Bertz CT molecular complexity index is 834. The van der Waals surface area contributed by atoms with E-state index in [-0.39, 0.29) is 11.7 Å². The van der Waals surface area contributed by atoms with Crippen LogP contribution in [0.4, 0.5) is 5.69 Å². The number of para-hydroxylation sites is 2. The Morgan fingerprint density at radius 3 is 2.00 bits per heavy atom. The van der Waals surface area contributed by atoms with Crippen molar-refractivity contribution in [2.24, 2.45) is 0 Å². The van der Waals surface area contributed by atoms with Crippen molar-refractivity contribution in [3.63, 3.8) is 0 Å². The number of rotatable bonds is 6. The van der Waals surface area contributed by atoms with E-state index in [1.807, 2.05) is 91.0 Å². The molecule has 0 radical (unpaired) electrons. The van der Waals surface area contributed by atoms with Crippen LogP contribution in [0.3, 0.4) is 0 Å². The number of carbonyl (C=O) groups is 1. The van der Waals surface area contributed by atoms with Gasteiger partial charge in [0.05, 0.1) is 0 Å². The molecule has 0 unspecified atom stereocenters. The van der Waals surface area contributed by atoms with Crippen LogP contribution < -0.4 is 10.1 Å². The van der Waals surface area contributed by atoms with E-state index in [0.29, 0.717) is 5.75 Å². The van der Waals surface area contributed by atoms with Crippen molar-refractivity contribution >= 4 is 23.4 Å². The van der Waals surface area contributed by atoms with Crippen molar-refractivity contribution < 1.29 is 9.53 Å². The second-order valence-electron chi connectivity index (χ2n) is 5.15. The van der Waals surface area contributed by atoms with Gasteiger partial charge in [0.15, 0.2) is 5.76 Å². The normalized spacial score (nSPS) is 11.0. The maximum absolute atomic E-state index is 12.6. The third-order valence-electron chi connectivity index (χ3n) is 3.27. The SMILES string of the molecule is O=C(Nc1ccccc1)C(=CSc1ccccc1)Oc1ccccc1. The third-order valence-corrected chi connectivity index (χ3v) is 4.15. The van der Waals surface area contributed by atoms with Gasteiger partial charge in [0.2, 0.25) is 0 Å². The Morgan fingerprint density at radius 2 is 1.36 bits per heavy atom.